The molecule has 0 amide bonds. The molecule has 6 heteroatoms. The van der Waals surface area contributed by atoms with Gasteiger partial charge in [-0.3, -0.25) is 0 Å². The van der Waals surface area contributed by atoms with Crippen molar-refractivity contribution in [1.82, 2.24) is 15.0 Å². The smallest absolute Gasteiger partial charge is 0.233 e. The van der Waals surface area contributed by atoms with E-state index in [1.807, 2.05) is 23.1 Å². The summed E-state index contributed by atoms with van der Waals surface area (Å²) in [6, 6.07) is 8.10. The summed E-state index contributed by atoms with van der Waals surface area (Å²) in [5.74, 6) is 1.30. The van der Waals surface area contributed by atoms with Crippen LogP contribution in [-0.4, -0.2) is 28.0 Å². The Morgan fingerprint density at radius 2 is 1.76 bits per heavy atom. The molecule has 0 unspecified atom stereocenters. The number of aryl methyl sites for hydroxylation is 1. The van der Waals surface area contributed by atoms with Crippen molar-refractivity contribution in [2.45, 2.75) is 27.2 Å². The van der Waals surface area contributed by atoms with E-state index < -0.39 is 0 Å². The van der Waals surface area contributed by atoms with Gasteiger partial charge in [0, 0.05) is 18.8 Å². The van der Waals surface area contributed by atoms with Gasteiger partial charge in [0.15, 0.2) is 0 Å². The standard InChI is InChI=1S/C15H22N6/c1-4-11-9-7-8-10-12(11)17-14-18-13(16)19-15(20-14)21(5-2)6-3/h7-10H,4-6H2,1-3H3,(H3,16,17,18,19,20). The molecular formula is C15H22N6. The lowest BCUT2D eigenvalue weighted by Gasteiger charge is -2.19. The first-order chi connectivity index (χ1) is 10.2. The Morgan fingerprint density at radius 3 is 2.43 bits per heavy atom. The highest BCUT2D eigenvalue weighted by atomic mass is 15.3. The highest BCUT2D eigenvalue weighted by Crippen LogP contribution is 2.20. The summed E-state index contributed by atoms with van der Waals surface area (Å²) in [5, 5.41) is 3.24. The summed E-state index contributed by atoms with van der Waals surface area (Å²) in [6.45, 7) is 7.88. The summed E-state index contributed by atoms with van der Waals surface area (Å²) in [5.41, 5.74) is 8.01. The molecule has 0 bridgehead atoms. The predicted octanol–water partition coefficient (Wildman–Crippen LogP) is 2.61. The van der Waals surface area contributed by atoms with E-state index in [4.69, 9.17) is 5.73 Å². The molecule has 0 saturated carbocycles. The fourth-order valence-electron chi connectivity index (χ4n) is 2.16. The number of rotatable bonds is 6. The number of nitrogens with two attached hydrogens (primary N) is 1. The van der Waals surface area contributed by atoms with Crippen LogP contribution in [0.5, 0.6) is 0 Å². The Kier molecular flexibility index (Phi) is 4.92. The van der Waals surface area contributed by atoms with E-state index in [0.717, 1.165) is 25.2 Å². The third-order valence-corrected chi connectivity index (χ3v) is 3.33. The van der Waals surface area contributed by atoms with Crippen molar-refractivity contribution in [1.29, 1.82) is 0 Å². The van der Waals surface area contributed by atoms with Crippen LogP contribution in [0.4, 0.5) is 23.5 Å². The van der Waals surface area contributed by atoms with Crippen molar-refractivity contribution in [3.8, 4) is 0 Å². The van der Waals surface area contributed by atoms with Gasteiger partial charge in [-0.15, -0.1) is 0 Å². The van der Waals surface area contributed by atoms with Crippen LogP contribution in [0.25, 0.3) is 0 Å². The summed E-state index contributed by atoms with van der Waals surface area (Å²) in [6.07, 6.45) is 0.937. The van der Waals surface area contributed by atoms with Crippen LogP contribution in [0.1, 0.15) is 26.3 Å². The molecule has 21 heavy (non-hydrogen) atoms. The van der Waals surface area contributed by atoms with Crippen LogP contribution in [0.3, 0.4) is 0 Å². The molecule has 0 saturated heterocycles. The van der Waals surface area contributed by atoms with Gasteiger partial charge in [0.25, 0.3) is 0 Å². The van der Waals surface area contributed by atoms with E-state index >= 15 is 0 Å². The highest BCUT2D eigenvalue weighted by Gasteiger charge is 2.10. The van der Waals surface area contributed by atoms with Gasteiger partial charge in [-0.2, -0.15) is 15.0 Å². The average molecular weight is 286 g/mol. The molecule has 2 aromatic rings. The molecule has 2 rings (SSSR count). The maximum Gasteiger partial charge on any atom is 0.233 e. The van der Waals surface area contributed by atoms with Crippen molar-refractivity contribution < 1.29 is 0 Å². The molecule has 1 aromatic heterocycles. The van der Waals surface area contributed by atoms with E-state index in [-0.39, 0.29) is 5.95 Å². The maximum atomic E-state index is 5.80. The lowest BCUT2D eigenvalue weighted by atomic mass is 10.1. The SMILES string of the molecule is CCc1ccccc1Nc1nc(N)nc(N(CC)CC)n1. The fourth-order valence-corrected chi connectivity index (χ4v) is 2.16. The molecule has 0 radical (unpaired) electrons. The van der Waals surface area contributed by atoms with Gasteiger partial charge in [0.1, 0.15) is 0 Å². The minimum absolute atomic E-state index is 0.225. The zero-order valence-electron chi connectivity index (χ0n) is 12.8. The molecule has 6 nitrogen and oxygen atoms in total. The molecule has 0 aliphatic heterocycles. The molecule has 1 aromatic carbocycles. The summed E-state index contributed by atoms with van der Waals surface area (Å²) < 4.78 is 0. The Bertz CT molecular complexity index is 594. The van der Waals surface area contributed by atoms with Crippen molar-refractivity contribution >= 4 is 23.5 Å². The van der Waals surface area contributed by atoms with E-state index in [0.29, 0.717) is 11.9 Å². The second-order valence-electron chi connectivity index (χ2n) is 4.63. The second kappa shape index (κ2) is 6.88. The van der Waals surface area contributed by atoms with Crippen LogP contribution in [0.15, 0.2) is 24.3 Å². The minimum Gasteiger partial charge on any atom is -0.368 e. The number of nitrogens with zero attached hydrogens (tertiary/aromatic N) is 4. The molecule has 1 heterocycles. The number of nitrogens with one attached hydrogen (secondary N) is 1. The van der Waals surface area contributed by atoms with Crippen molar-refractivity contribution in [3.63, 3.8) is 0 Å². The van der Waals surface area contributed by atoms with Gasteiger partial charge in [0.2, 0.25) is 17.8 Å². The fraction of sp³-hybridized carbons (Fsp3) is 0.400. The van der Waals surface area contributed by atoms with Gasteiger partial charge in [-0.05, 0) is 31.9 Å². The lowest BCUT2D eigenvalue weighted by molar-refractivity contribution is 0.816. The molecule has 0 atom stereocenters. The monoisotopic (exact) mass is 286 g/mol. The number of hydrogen-bond donors (Lipinski definition) is 2. The number of aromatic nitrogens is 3. The van der Waals surface area contributed by atoms with Crippen molar-refractivity contribution in [3.05, 3.63) is 29.8 Å². The van der Waals surface area contributed by atoms with Crippen LogP contribution < -0.4 is 16.0 Å². The number of anilines is 4. The van der Waals surface area contributed by atoms with Gasteiger partial charge >= 0.3 is 0 Å². The predicted molar refractivity (Wildman–Crippen MR) is 86.9 cm³/mol. The number of para-hydroxylation sites is 1. The quantitative estimate of drug-likeness (QED) is 0.849. The van der Waals surface area contributed by atoms with Crippen LogP contribution in [-0.2, 0) is 6.42 Å². The molecule has 0 aliphatic rings. The van der Waals surface area contributed by atoms with Gasteiger partial charge < -0.3 is 16.0 Å². The first-order valence-corrected chi connectivity index (χ1v) is 7.29. The van der Waals surface area contributed by atoms with E-state index in [1.54, 1.807) is 0 Å². The Hall–Kier alpha value is -2.37. The molecule has 112 valence electrons. The Labute approximate surface area is 125 Å². The lowest BCUT2D eigenvalue weighted by Crippen LogP contribution is -2.25. The average Bonchev–Trinajstić information content (AvgIpc) is 2.48. The third kappa shape index (κ3) is 3.59. The molecule has 0 fully saturated rings. The molecular weight excluding hydrogens is 264 g/mol. The maximum absolute atomic E-state index is 5.80. The first kappa shape index (κ1) is 15.0. The van der Waals surface area contributed by atoms with E-state index in [9.17, 15) is 0 Å². The summed E-state index contributed by atoms with van der Waals surface area (Å²) >= 11 is 0. The van der Waals surface area contributed by atoms with Gasteiger partial charge in [-0.25, -0.2) is 0 Å². The van der Waals surface area contributed by atoms with Gasteiger partial charge in [0.05, 0.1) is 0 Å². The largest absolute Gasteiger partial charge is 0.368 e. The van der Waals surface area contributed by atoms with E-state index in [1.165, 1.54) is 5.56 Å². The van der Waals surface area contributed by atoms with Crippen LogP contribution in [0, 0.1) is 0 Å². The normalized spacial score (nSPS) is 10.4. The third-order valence-electron chi connectivity index (χ3n) is 3.33. The molecule has 3 N–H and O–H groups in total. The topological polar surface area (TPSA) is 80.0 Å². The number of benzene rings is 1. The number of hydrogen-bond acceptors (Lipinski definition) is 6. The van der Waals surface area contributed by atoms with Crippen molar-refractivity contribution in [2.75, 3.05) is 29.0 Å². The highest BCUT2D eigenvalue weighted by molar-refractivity contribution is 5.59. The minimum atomic E-state index is 0.225. The zero-order chi connectivity index (χ0) is 15.2. The second-order valence-corrected chi connectivity index (χ2v) is 4.63. The Morgan fingerprint density at radius 1 is 1.05 bits per heavy atom. The summed E-state index contributed by atoms with van der Waals surface area (Å²) in [4.78, 5) is 14.9. The first-order valence-electron chi connectivity index (χ1n) is 7.29. The van der Waals surface area contributed by atoms with Gasteiger partial charge in [-0.1, -0.05) is 25.1 Å². The Balaban J connectivity index is 2.32. The summed E-state index contributed by atoms with van der Waals surface area (Å²) in [7, 11) is 0. The van der Waals surface area contributed by atoms with E-state index in [2.05, 4.69) is 47.1 Å². The zero-order valence-corrected chi connectivity index (χ0v) is 12.8. The van der Waals surface area contributed by atoms with Crippen molar-refractivity contribution in [2.24, 2.45) is 0 Å². The number of nitrogen functional groups attached to an aromatic ring is 1. The van der Waals surface area contributed by atoms with Crippen LogP contribution in [0.2, 0.25) is 0 Å². The molecule has 0 aliphatic carbocycles. The molecule has 0 spiro atoms. The van der Waals surface area contributed by atoms with Crippen LogP contribution >= 0.6 is 0 Å².